The van der Waals surface area contributed by atoms with Gasteiger partial charge < -0.3 is 5.11 Å². The fourth-order valence-corrected chi connectivity index (χ4v) is 6.80. The molecule has 0 heterocycles. The fraction of sp³-hybridized carbons (Fsp3) is 0.581. The molecule has 0 bridgehead atoms. The molecule has 4 aliphatic rings. The van der Waals surface area contributed by atoms with Crippen LogP contribution in [-0.2, 0) is 4.79 Å². The van der Waals surface area contributed by atoms with Crippen molar-refractivity contribution in [3.63, 3.8) is 0 Å². The SMILES string of the molecule is C#CC(C)(C)C.Cc1c(F)cc(C2CC3(C)C(O)CCC3C3CCC4=CC(=O)CCC4=C23)cc1F. The summed E-state index contributed by atoms with van der Waals surface area (Å²) in [7, 11) is 0. The minimum absolute atomic E-state index is 0.0521. The number of terminal acetylenes is 1. The Morgan fingerprint density at radius 2 is 1.71 bits per heavy atom. The zero-order chi connectivity index (χ0) is 25.7. The van der Waals surface area contributed by atoms with Gasteiger partial charge in [0.15, 0.2) is 5.78 Å². The third kappa shape index (κ3) is 4.77. The number of aliphatic hydroxyl groups is 1. The number of carbonyl (C=O) groups excluding carboxylic acids is 1. The van der Waals surface area contributed by atoms with Gasteiger partial charge in [0, 0.05) is 23.3 Å². The van der Waals surface area contributed by atoms with E-state index < -0.39 is 11.6 Å². The molecule has 0 radical (unpaired) electrons. The maximum absolute atomic E-state index is 14.5. The van der Waals surface area contributed by atoms with Crippen molar-refractivity contribution in [1.29, 1.82) is 0 Å². The standard InChI is InChI=1S/C25H28F2O2.C6H10/c1-13-21(26)10-15(11-22(13)27)19-12-25(2)20(7-8-23(25)29)18-5-3-14-9-16(28)4-6-17(14)24(18)19;1-5-6(2,3)4/h9-11,18-20,23,29H,3-8,12H2,1-2H3;1H,2-4H3. The van der Waals surface area contributed by atoms with E-state index in [1.54, 1.807) is 6.08 Å². The predicted molar refractivity (Wildman–Crippen MR) is 136 cm³/mol. The van der Waals surface area contributed by atoms with E-state index in [9.17, 15) is 18.7 Å². The third-order valence-corrected chi connectivity index (χ3v) is 8.82. The number of halogens is 2. The van der Waals surface area contributed by atoms with Crippen molar-refractivity contribution in [2.45, 2.75) is 91.6 Å². The molecular weight excluding hydrogens is 442 g/mol. The van der Waals surface area contributed by atoms with Gasteiger partial charge in [0.1, 0.15) is 11.6 Å². The Hall–Kier alpha value is -2.25. The summed E-state index contributed by atoms with van der Waals surface area (Å²) in [6, 6.07) is 2.98. The molecule has 0 aliphatic heterocycles. The number of aliphatic hydroxyl groups excluding tert-OH is 1. The minimum Gasteiger partial charge on any atom is -0.393 e. The van der Waals surface area contributed by atoms with Gasteiger partial charge in [-0.15, -0.1) is 12.3 Å². The van der Waals surface area contributed by atoms with E-state index in [2.05, 4.69) is 12.8 Å². The van der Waals surface area contributed by atoms with Crippen molar-refractivity contribution in [2.75, 3.05) is 0 Å². The molecule has 5 atom stereocenters. The van der Waals surface area contributed by atoms with E-state index in [1.165, 1.54) is 30.2 Å². The van der Waals surface area contributed by atoms with Crippen molar-refractivity contribution < 1.29 is 18.7 Å². The maximum atomic E-state index is 14.5. The van der Waals surface area contributed by atoms with Crippen LogP contribution in [0.2, 0.25) is 0 Å². The molecule has 4 aliphatic carbocycles. The highest BCUT2D eigenvalue weighted by molar-refractivity contribution is 5.93. The van der Waals surface area contributed by atoms with Gasteiger partial charge in [0.25, 0.3) is 0 Å². The van der Waals surface area contributed by atoms with Crippen LogP contribution in [0.25, 0.3) is 0 Å². The second kappa shape index (κ2) is 9.32. The zero-order valence-corrected chi connectivity index (χ0v) is 21.7. The topological polar surface area (TPSA) is 37.3 Å². The third-order valence-electron chi connectivity index (χ3n) is 8.82. The van der Waals surface area contributed by atoms with Gasteiger partial charge >= 0.3 is 0 Å². The van der Waals surface area contributed by atoms with Crippen LogP contribution >= 0.6 is 0 Å². The van der Waals surface area contributed by atoms with Gasteiger partial charge in [-0.2, -0.15) is 0 Å². The molecule has 0 amide bonds. The normalized spacial score (nSPS) is 32.0. The van der Waals surface area contributed by atoms with Crippen LogP contribution in [0.3, 0.4) is 0 Å². The second-order valence-corrected chi connectivity index (χ2v) is 12.2. The fourth-order valence-electron chi connectivity index (χ4n) is 6.80. The Balaban J connectivity index is 0.000000431. The van der Waals surface area contributed by atoms with E-state index >= 15 is 0 Å². The van der Waals surface area contributed by atoms with Crippen molar-refractivity contribution >= 4 is 5.78 Å². The lowest BCUT2D eigenvalue weighted by Gasteiger charge is -2.52. The van der Waals surface area contributed by atoms with Crippen molar-refractivity contribution in [2.24, 2.45) is 22.7 Å². The van der Waals surface area contributed by atoms with Crippen LogP contribution in [0.4, 0.5) is 8.78 Å². The van der Waals surface area contributed by atoms with Gasteiger partial charge in [0.05, 0.1) is 6.10 Å². The van der Waals surface area contributed by atoms with Crippen molar-refractivity contribution in [1.82, 2.24) is 0 Å². The number of rotatable bonds is 1. The molecule has 1 N–H and O–H groups in total. The summed E-state index contributed by atoms with van der Waals surface area (Å²) < 4.78 is 29.0. The number of hydrogen-bond donors (Lipinski definition) is 1. The summed E-state index contributed by atoms with van der Waals surface area (Å²) in [5.74, 6) is 2.39. The number of hydrogen-bond acceptors (Lipinski definition) is 2. The lowest BCUT2D eigenvalue weighted by molar-refractivity contribution is -0.114. The van der Waals surface area contributed by atoms with Gasteiger partial charge in [-0.25, -0.2) is 8.78 Å². The van der Waals surface area contributed by atoms with E-state index in [4.69, 9.17) is 6.42 Å². The van der Waals surface area contributed by atoms with Gasteiger partial charge in [-0.1, -0.05) is 12.5 Å². The number of ketones is 1. The highest BCUT2D eigenvalue weighted by Crippen LogP contribution is 2.63. The van der Waals surface area contributed by atoms with Crippen LogP contribution in [0.15, 0.2) is 34.9 Å². The molecule has 188 valence electrons. The first kappa shape index (κ1) is 25.8. The van der Waals surface area contributed by atoms with Gasteiger partial charge in [0.2, 0.25) is 0 Å². The van der Waals surface area contributed by atoms with Crippen LogP contribution in [0, 0.1) is 53.6 Å². The molecule has 5 unspecified atom stereocenters. The Labute approximate surface area is 208 Å². The second-order valence-electron chi connectivity index (χ2n) is 12.2. The molecule has 2 saturated carbocycles. The minimum atomic E-state index is -0.508. The summed E-state index contributed by atoms with van der Waals surface area (Å²) in [6.07, 6.45) is 12.1. The molecule has 5 rings (SSSR count). The largest absolute Gasteiger partial charge is 0.393 e. The molecule has 1 aromatic carbocycles. The monoisotopic (exact) mass is 480 g/mol. The van der Waals surface area contributed by atoms with Crippen LogP contribution < -0.4 is 0 Å². The molecule has 1 aromatic rings. The van der Waals surface area contributed by atoms with Crippen molar-refractivity contribution in [3.8, 4) is 12.3 Å². The Kier molecular flexibility index (Phi) is 6.88. The summed E-state index contributed by atoms with van der Waals surface area (Å²) in [5, 5.41) is 10.8. The Bertz CT molecular complexity index is 1110. The number of allylic oxidation sites excluding steroid dienone is 4. The van der Waals surface area contributed by atoms with Gasteiger partial charge in [-0.05, 0) is 118 Å². The Morgan fingerprint density at radius 1 is 1.09 bits per heavy atom. The highest BCUT2D eigenvalue weighted by atomic mass is 19.1. The highest BCUT2D eigenvalue weighted by Gasteiger charge is 2.56. The summed E-state index contributed by atoms with van der Waals surface area (Å²) >= 11 is 0. The van der Waals surface area contributed by atoms with E-state index in [-0.39, 0.29) is 34.2 Å². The van der Waals surface area contributed by atoms with Gasteiger partial charge in [-0.3, -0.25) is 4.79 Å². The van der Waals surface area contributed by atoms with Crippen LogP contribution in [0.5, 0.6) is 0 Å². The first-order valence-electron chi connectivity index (χ1n) is 12.9. The molecule has 4 heteroatoms. The lowest BCUT2D eigenvalue weighted by atomic mass is 9.53. The number of carbonyl (C=O) groups is 1. The average molecular weight is 481 g/mol. The molecular formula is C31H38F2O2. The quantitative estimate of drug-likeness (QED) is 0.432. The predicted octanol–water partition coefficient (Wildman–Crippen LogP) is 7.20. The van der Waals surface area contributed by atoms with E-state index in [1.807, 2.05) is 20.8 Å². The molecule has 0 aromatic heterocycles. The van der Waals surface area contributed by atoms with E-state index in [0.717, 1.165) is 37.7 Å². The molecule has 2 nitrogen and oxygen atoms in total. The Morgan fingerprint density at radius 3 is 2.31 bits per heavy atom. The molecule has 2 fully saturated rings. The maximum Gasteiger partial charge on any atom is 0.156 e. The van der Waals surface area contributed by atoms with Crippen LogP contribution in [-0.4, -0.2) is 17.0 Å². The lowest BCUT2D eigenvalue weighted by Crippen LogP contribution is -2.45. The summed E-state index contributed by atoms with van der Waals surface area (Å²) in [4.78, 5) is 12.0. The summed E-state index contributed by atoms with van der Waals surface area (Å²) in [5.41, 5.74) is 4.26. The van der Waals surface area contributed by atoms with Crippen molar-refractivity contribution in [3.05, 3.63) is 57.7 Å². The smallest absolute Gasteiger partial charge is 0.156 e. The van der Waals surface area contributed by atoms with E-state index in [0.29, 0.717) is 30.2 Å². The average Bonchev–Trinajstić information content (AvgIpc) is 3.10. The van der Waals surface area contributed by atoms with Crippen LogP contribution in [0.1, 0.15) is 89.7 Å². The number of benzene rings is 1. The number of fused-ring (bicyclic) bond motifs is 4. The molecule has 0 saturated heterocycles. The first-order chi connectivity index (χ1) is 16.4. The zero-order valence-electron chi connectivity index (χ0n) is 21.7. The summed E-state index contributed by atoms with van der Waals surface area (Å²) in [6.45, 7) is 9.65. The molecule has 0 spiro atoms. The first-order valence-corrected chi connectivity index (χ1v) is 12.9. The molecule has 35 heavy (non-hydrogen) atoms.